The number of hydrogen-bond acceptors (Lipinski definition) is 4. The smallest absolute Gasteiger partial charge is 0.255 e. The molecule has 6 heteroatoms. The quantitative estimate of drug-likeness (QED) is 0.387. The van der Waals surface area contributed by atoms with Gasteiger partial charge in [0.2, 0.25) is 11.8 Å². The van der Waals surface area contributed by atoms with Gasteiger partial charge in [0.05, 0.1) is 0 Å². The lowest BCUT2D eigenvalue weighted by Gasteiger charge is -2.29. The normalized spacial score (nSPS) is 19.1. The second-order valence-corrected chi connectivity index (χ2v) is 6.13. The molecule has 2 heterocycles. The number of aldehydes is 1. The molecule has 0 radical (unpaired) electrons. The number of nitrogens with one attached hydrogen (secondary N) is 1. The van der Waals surface area contributed by atoms with Crippen LogP contribution < -0.4 is 5.32 Å². The maximum Gasteiger partial charge on any atom is 0.255 e. The minimum Gasteiger partial charge on any atom is -0.322 e. The lowest BCUT2D eigenvalue weighted by molar-refractivity contribution is -0.136. The first kappa shape index (κ1) is 16.9. The van der Waals surface area contributed by atoms with E-state index in [0.29, 0.717) is 31.4 Å². The van der Waals surface area contributed by atoms with Gasteiger partial charge in [0.1, 0.15) is 12.3 Å². The molecule has 25 heavy (non-hydrogen) atoms. The number of unbranched alkanes of at least 4 members (excludes halogenated alkanes) is 2. The van der Waals surface area contributed by atoms with Crippen LogP contribution in [0.4, 0.5) is 0 Å². The topological polar surface area (TPSA) is 83.6 Å². The summed E-state index contributed by atoms with van der Waals surface area (Å²) < 4.78 is 0. The summed E-state index contributed by atoms with van der Waals surface area (Å²) in [5, 5.41) is 2.29. The van der Waals surface area contributed by atoms with Gasteiger partial charge in [-0.3, -0.25) is 19.7 Å². The highest BCUT2D eigenvalue weighted by Crippen LogP contribution is 2.28. The Kier molecular flexibility index (Phi) is 4.94. The van der Waals surface area contributed by atoms with Crippen molar-refractivity contribution in [1.82, 2.24) is 10.2 Å². The van der Waals surface area contributed by atoms with E-state index in [2.05, 4.69) is 17.2 Å². The van der Waals surface area contributed by atoms with Gasteiger partial charge in [-0.05, 0) is 30.5 Å². The molecule has 2 aliphatic rings. The fourth-order valence-electron chi connectivity index (χ4n) is 3.07. The van der Waals surface area contributed by atoms with E-state index in [0.717, 1.165) is 23.8 Å². The molecule has 3 rings (SSSR count). The number of hydrogen-bond donors (Lipinski definition) is 1. The number of piperidine rings is 1. The van der Waals surface area contributed by atoms with Gasteiger partial charge in [0, 0.05) is 36.9 Å². The molecule has 1 saturated heterocycles. The fourth-order valence-corrected chi connectivity index (χ4v) is 3.07. The maximum atomic E-state index is 12.7. The monoisotopic (exact) mass is 338 g/mol. The van der Waals surface area contributed by atoms with E-state index in [4.69, 9.17) is 0 Å². The van der Waals surface area contributed by atoms with Crippen LogP contribution in [0, 0.1) is 11.8 Å². The summed E-state index contributed by atoms with van der Waals surface area (Å²) in [4.78, 5) is 47.7. The lowest BCUT2D eigenvalue weighted by Crippen LogP contribution is -2.52. The van der Waals surface area contributed by atoms with Gasteiger partial charge < -0.3 is 9.69 Å². The Bertz CT molecular complexity index is 803. The van der Waals surface area contributed by atoms with Crippen LogP contribution in [0.15, 0.2) is 18.2 Å². The zero-order chi connectivity index (χ0) is 17.8. The van der Waals surface area contributed by atoms with Gasteiger partial charge in [-0.2, -0.15) is 0 Å². The van der Waals surface area contributed by atoms with Crippen molar-refractivity contribution in [2.45, 2.75) is 44.7 Å². The number of rotatable bonds is 4. The van der Waals surface area contributed by atoms with Crippen LogP contribution in [0.3, 0.4) is 0 Å². The van der Waals surface area contributed by atoms with E-state index in [1.807, 2.05) is 12.1 Å². The molecule has 1 atom stereocenters. The Hall–Kier alpha value is -2.94. The number of nitrogens with zero attached hydrogens (tertiary/aromatic N) is 1. The molecule has 1 aromatic rings. The van der Waals surface area contributed by atoms with E-state index in [1.54, 1.807) is 6.07 Å². The molecular formula is C19H18N2O4. The molecule has 0 saturated carbocycles. The molecule has 3 amide bonds. The molecule has 0 aliphatic carbocycles. The number of carbonyl (C=O) groups excluding carboxylic acids is 4. The zero-order valence-electron chi connectivity index (χ0n) is 13.7. The maximum absolute atomic E-state index is 12.7. The molecule has 6 nitrogen and oxygen atoms in total. The molecular weight excluding hydrogens is 320 g/mol. The molecule has 0 aromatic heterocycles. The number of benzene rings is 1. The van der Waals surface area contributed by atoms with Crippen molar-refractivity contribution in [2.75, 3.05) is 0 Å². The van der Waals surface area contributed by atoms with E-state index in [9.17, 15) is 19.2 Å². The second-order valence-electron chi connectivity index (χ2n) is 6.13. The second kappa shape index (κ2) is 7.31. The SMILES string of the molecule is O=CCCCC#Cc1ccc2c(c1)C(=O)N(C1CCC(=O)NC1=O)C2. The largest absolute Gasteiger partial charge is 0.322 e. The van der Waals surface area contributed by atoms with E-state index in [-0.39, 0.29) is 18.2 Å². The Morgan fingerprint density at radius 2 is 2.12 bits per heavy atom. The van der Waals surface area contributed by atoms with Gasteiger partial charge in [-0.25, -0.2) is 0 Å². The van der Waals surface area contributed by atoms with E-state index >= 15 is 0 Å². The number of carbonyl (C=O) groups is 4. The highest BCUT2D eigenvalue weighted by Gasteiger charge is 2.38. The molecule has 1 fully saturated rings. The summed E-state index contributed by atoms with van der Waals surface area (Å²) >= 11 is 0. The first-order valence-corrected chi connectivity index (χ1v) is 8.30. The zero-order valence-corrected chi connectivity index (χ0v) is 13.7. The van der Waals surface area contributed by atoms with Crippen molar-refractivity contribution in [3.05, 3.63) is 34.9 Å². The molecule has 2 aliphatic heterocycles. The van der Waals surface area contributed by atoms with Crippen LogP contribution in [0.5, 0.6) is 0 Å². The summed E-state index contributed by atoms with van der Waals surface area (Å²) in [6.45, 7) is 0.369. The molecule has 1 aromatic carbocycles. The van der Waals surface area contributed by atoms with E-state index in [1.165, 1.54) is 4.90 Å². The van der Waals surface area contributed by atoms with E-state index < -0.39 is 11.9 Å². The average Bonchev–Trinajstić information content (AvgIpc) is 2.91. The van der Waals surface area contributed by atoms with Crippen LogP contribution in [-0.4, -0.2) is 34.9 Å². The van der Waals surface area contributed by atoms with Gasteiger partial charge >= 0.3 is 0 Å². The van der Waals surface area contributed by atoms with Gasteiger partial charge in [0.25, 0.3) is 5.91 Å². The summed E-state index contributed by atoms with van der Waals surface area (Å²) in [6, 6.07) is 4.85. The third-order valence-corrected chi connectivity index (χ3v) is 4.38. The van der Waals surface area contributed by atoms with Crippen molar-refractivity contribution in [3.63, 3.8) is 0 Å². The highest BCUT2D eigenvalue weighted by molar-refractivity contribution is 6.05. The van der Waals surface area contributed by atoms with Gasteiger partial charge in [-0.1, -0.05) is 17.9 Å². The average molecular weight is 338 g/mol. The Morgan fingerprint density at radius 3 is 2.88 bits per heavy atom. The van der Waals surface area contributed by atoms with Crippen molar-refractivity contribution < 1.29 is 19.2 Å². The molecule has 1 unspecified atom stereocenters. The molecule has 0 spiro atoms. The first-order valence-electron chi connectivity index (χ1n) is 8.30. The lowest BCUT2D eigenvalue weighted by atomic mass is 10.0. The molecule has 1 N–H and O–H groups in total. The van der Waals surface area contributed by atoms with Crippen molar-refractivity contribution in [2.24, 2.45) is 0 Å². The van der Waals surface area contributed by atoms with Crippen LogP contribution >= 0.6 is 0 Å². The number of imide groups is 1. The Balaban J connectivity index is 1.72. The standard InChI is InChI=1S/C19H18N2O4/c22-10-4-2-1-3-5-13-6-7-14-12-21(19(25)15(14)11-13)16-8-9-17(23)20-18(16)24/h6-7,10-11,16H,1-2,4,8-9,12H2,(H,20,23,24). The minimum absolute atomic E-state index is 0.200. The van der Waals surface area contributed by atoms with Gasteiger partial charge in [-0.15, -0.1) is 0 Å². The third-order valence-electron chi connectivity index (χ3n) is 4.38. The highest BCUT2D eigenvalue weighted by atomic mass is 16.2. The van der Waals surface area contributed by atoms with Crippen LogP contribution in [0.2, 0.25) is 0 Å². The Labute approximate surface area is 145 Å². The van der Waals surface area contributed by atoms with Crippen molar-refractivity contribution in [3.8, 4) is 11.8 Å². The molecule has 0 bridgehead atoms. The van der Waals surface area contributed by atoms with Crippen molar-refractivity contribution in [1.29, 1.82) is 0 Å². The fraction of sp³-hybridized carbons (Fsp3) is 0.368. The van der Waals surface area contributed by atoms with Gasteiger partial charge in [0.15, 0.2) is 0 Å². The first-order chi connectivity index (χ1) is 12.1. The minimum atomic E-state index is -0.601. The van der Waals surface area contributed by atoms with Crippen molar-refractivity contribution >= 4 is 24.0 Å². The summed E-state index contributed by atoms with van der Waals surface area (Å²) in [5.74, 6) is 5.09. The Morgan fingerprint density at radius 1 is 1.28 bits per heavy atom. The summed E-state index contributed by atoms with van der Waals surface area (Å²) in [7, 11) is 0. The summed E-state index contributed by atoms with van der Waals surface area (Å²) in [5.41, 5.74) is 2.16. The van der Waals surface area contributed by atoms with Crippen LogP contribution in [0.1, 0.15) is 53.6 Å². The number of fused-ring (bicyclic) bond motifs is 1. The molecule has 128 valence electrons. The third kappa shape index (κ3) is 3.61. The summed E-state index contributed by atoms with van der Waals surface area (Å²) in [6.07, 6.45) is 3.33. The predicted octanol–water partition coefficient (Wildman–Crippen LogP) is 1.17. The number of amides is 3. The van der Waals surface area contributed by atoms with Crippen LogP contribution in [-0.2, 0) is 20.9 Å². The predicted molar refractivity (Wildman–Crippen MR) is 89.3 cm³/mol. The van der Waals surface area contributed by atoms with Crippen LogP contribution in [0.25, 0.3) is 0 Å².